The molecule has 0 radical (unpaired) electrons. The third-order valence-electron chi connectivity index (χ3n) is 2.43. The molecule has 0 spiro atoms. The van der Waals surface area contributed by atoms with Gasteiger partial charge in [0.25, 0.3) is 5.91 Å². The van der Waals surface area contributed by atoms with Gasteiger partial charge in [-0.2, -0.15) is 11.3 Å². The third-order valence-corrected chi connectivity index (χ3v) is 3.36. The van der Waals surface area contributed by atoms with E-state index in [2.05, 4.69) is 15.7 Å². The van der Waals surface area contributed by atoms with Crippen LogP contribution in [0.4, 0.5) is 5.69 Å². The Balaban J connectivity index is 1.93. The number of anilines is 1. The van der Waals surface area contributed by atoms with Crippen LogP contribution in [0.25, 0.3) is 0 Å². The van der Waals surface area contributed by atoms with Crippen LogP contribution < -0.4 is 11.1 Å². The monoisotopic (exact) mass is 281 g/mol. The van der Waals surface area contributed by atoms with Crippen LogP contribution in [0.3, 0.4) is 0 Å². The Kier molecular flexibility index (Phi) is 4.17. The maximum absolute atomic E-state index is 11.9. The molecule has 0 aliphatic carbocycles. The highest BCUT2D eigenvalue weighted by molar-refractivity contribution is 7.07. The summed E-state index contributed by atoms with van der Waals surface area (Å²) in [5.41, 5.74) is 7.57. The van der Waals surface area contributed by atoms with Gasteiger partial charge in [-0.05, 0) is 34.9 Å². The number of carbonyl (C=O) groups excluding carboxylic acids is 1. The van der Waals surface area contributed by atoms with Gasteiger partial charge in [0.1, 0.15) is 5.15 Å². The Labute approximate surface area is 114 Å². The van der Waals surface area contributed by atoms with Gasteiger partial charge in [-0.1, -0.05) is 11.6 Å². The van der Waals surface area contributed by atoms with Crippen molar-refractivity contribution in [2.75, 3.05) is 12.3 Å². The minimum absolute atomic E-state index is 0.230. The molecule has 0 aliphatic rings. The Morgan fingerprint density at radius 1 is 1.56 bits per heavy atom. The molecule has 0 saturated heterocycles. The summed E-state index contributed by atoms with van der Waals surface area (Å²) in [7, 11) is 0. The molecule has 6 heteroatoms. The highest BCUT2D eigenvalue weighted by atomic mass is 35.5. The van der Waals surface area contributed by atoms with Crippen LogP contribution in [-0.2, 0) is 6.42 Å². The Morgan fingerprint density at radius 2 is 2.39 bits per heavy atom. The van der Waals surface area contributed by atoms with E-state index in [1.807, 2.05) is 11.4 Å². The normalized spacial score (nSPS) is 10.3. The van der Waals surface area contributed by atoms with Gasteiger partial charge >= 0.3 is 0 Å². The molecular formula is C12H12ClN3OS. The molecule has 2 rings (SSSR count). The van der Waals surface area contributed by atoms with Crippen LogP contribution in [0.1, 0.15) is 15.9 Å². The lowest BCUT2D eigenvalue weighted by Crippen LogP contribution is -2.26. The molecule has 2 heterocycles. The zero-order valence-corrected chi connectivity index (χ0v) is 11.1. The van der Waals surface area contributed by atoms with E-state index in [1.54, 1.807) is 11.3 Å². The lowest BCUT2D eigenvalue weighted by atomic mass is 10.2. The largest absolute Gasteiger partial charge is 0.397 e. The molecule has 0 bridgehead atoms. The second kappa shape index (κ2) is 5.84. The number of nitrogens with zero attached hydrogens (tertiary/aromatic N) is 1. The first-order valence-electron chi connectivity index (χ1n) is 5.37. The number of nitrogen functional groups attached to an aromatic ring is 1. The summed E-state index contributed by atoms with van der Waals surface area (Å²) in [6.45, 7) is 0.564. The van der Waals surface area contributed by atoms with E-state index in [0.717, 1.165) is 6.42 Å². The van der Waals surface area contributed by atoms with E-state index in [1.165, 1.54) is 17.8 Å². The molecule has 18 heavy (non-hydrogen) atoms. The van der Waals surface area contributed by atoms with E-state index >= 15 is 0 Å². The van der Waals surface area contributed by atoms with Crippen LogP contribution in [0.5, 0.6) is 0 Å². The zero-order chi connectivity index (χ0) is 13.0. The molecule has 2 aromatic rings. The van der Waals surface area contributed by atoms with Gasteiger partial charge in [0, 0.05) is 6.54 Å². The molecule has 0 fully saturated rings. The highest BCUT2D eigenvalue weighted by Crippen LogP contribution is 2.14. The maximum Gasteiger partial charge on any atom is 0.253 e. The summed E-state index contributed by atoms with van der Waals surface area (Å²) in [6, 6.07) is 3.51. The van der Waals surface area contributed by atoms with Crippen LogP contribution in [0, 0.1) is 0 Å². The van der Waals surface area contributed by atoms with E-state index in [4.69, 9.17) is 17.3 Å². The molecule has 4 nitrogen and oxygen atoms in total. The number of rotatable bonds is 4. The van der Waals surface area contributed by atoms with E-state index in [9.17, 15) is 4.79 Å². The molecule has 1 amide bonds. The van der Waals surface area contributed by atoms with E-state index in [0.29, 0.717) is 17.8 Å². The number of hydrogen-bond donors (Lipinski definition) is 2. The van der Waals surface area contributed by atoms with Crippen LogP contribution in [-0.4, -0.2) is 17.4 Å². The fourth-order valence-electron chi connectivity index (χ4n) is 1.49. The number of carbonyl (C=O) groups is 1. The summed E-state index contributed by atoms with van der Waals surface area (Å²) in [4.78, 5) is 15.7. The summed E-state index contributed by atoms with van der Waals surface area (Å²) in [5, 5.41) is 7.13. The number of nitrogens with two attached hydrogens (primary N) is 1. The number of aromatic nitrogens is 1. The number of amides is 1. The fourth-order valence-corrected chi connectivity index (χ4v) is 2.35. The quantitative estimate of drug-likeness (QED) is 0.846. The first-order valence-corrected chi connectivity index (χ1v) is 6.69. The second-order valence-electron chi connectivity index (χ2n) is 3.73. The molecule has 0 aromatic carbocycles. The third kappa shape index (κ3) is 3.21. The number of pyridine rings is 1. The predicted molar refractivity (Wildman–Crippen MR) is 74.0 cm³/mol. The van der Waals surface area contributed by atoms with Crippen molar-refractivity contribution in [2.45, 2.75) is 6.42 Å². The number of hydrogen-bond acceptors (Lipinski definition) is 4. The van der Waals surface area contributed by atoms with Gasteiger partial charge in [0.2, 0.25) is 0 Å². The lowest BCUT2D eigenvalue weighted by Gasteiger charge is -2.07. The fraction of sp³-hybridized carbons (Fsp3) is 0.167. The predicted octanol–water partition coefficient (Wildman–Crippen LogP) is 2.35. The minimum atomic E-state index is -0.230. The number of nitrogens with one attached hydrogen (secondary N) is 1. The van der Waals surface area contributed by atoms with Gasteiger partial charge in [-0.15, -0.1) is 0 Å². The minimum Gasteiger partial charge on any atom is -0.397 e. The van der Waals surface area contributed by atoms with Crippen LogP contribution in [0.2, 0.25) is 5.15 Å². The first-order chi connectivity index (χ1) is 8.66. The van der Waals surface area contributed by atoms with Crippen molar-refractivity contribution in [2.24, 2.45) is 0 Å². The smallest absolute Gasteiger partial charge is 0.253 e. The molecule has 0 saturated carbocycles. The van der Waals surface area contributed by atoms with Crippen molar-refractivity contribution >= 4 is 34.5 Å². The van der Waals surface area contributed by atoms with Crippen molar-refractivity contribution in [3.63, 3.8) is 0 Å². The van der Waals surface area contributed by atoms with Crippen molar-refractivity contribution < 1.29 is 4.79 Å². The topological polar surface area (TPSA) is 68.0 Å². The average molecular weight is 282 g/mol. The molecule has 0 aliphatic heterocycles. The Hall–Kier alpha value is -1.59. The molecule has 0 unspecified atom stereocenters. The van der Waals surface area contributed by atoms with Gasteiger partial charge in [-0.3, -0.25) is 4.79 Å². The molecule has 3 N–H and O–H groups in total. The summed E-state index contributed by atoms with van der Waals surface area (Å²) >= 11 is 7.37. The number of halogens is 1. The second-order valence-corrected chi connectivity index (χ2v) is 4.90. The standard InChI is InChI=1S/C12H12ClN3OS/c13-11-5-9(10(14)6-16-11)12(17)15-3-1-8-2-4-18-7-8/h2,4-7H,1,3,14H2,(H,15,17). The highest BCUT2D eigenvalue weighted by Gasteiger charge is 2.10. The Bertz CT molecular complexity index is 542. The van der Waals surface area contributed by atoms with Crippen molar-refractivity contribution in [1.29, 1.82) is 0 Å². The molecule has 0 atom stereocenters. The van der Waals surface area contributed by atoms with E-state index in [-0.39, 0.29) is 11.1 Å². The molecule has 94 valence electrons. The maximum atomic E-state index is 11.9. The summed E-state index contributed by atoms with van der Waals surface area (Å²) in [6.07, 6.45) is 2.18. The van der Waals surface area contributed by atoms with Gasteiger partial charge < -0.3 is 11.1 Å². The summed E-state index contributed by atoms with van der Waals surface area (Å²) in [5.74, 6) is -0.230. The van der Waals surface area contributed by atoms with Crippen LogP contribution in [0.15, 0.2) is 29.1 Å². The van der Waals surface area contributed by atoms with E-state index < -0.39 is 0 Å². The average Bonchev–Trinajstić information content (AvgIpc) is 2.85. The van der Waals surface area contributed by atoms with Gasteiger partial charge in [-0.25, -0.2) is 4.98 Å². The molecule has 2 aromatic heterocycles. The first kappa shape index (κ1) is 12.9. The van der Waals surface area contributed by atoms with Gasteiger partial charge in [0.05, 0.1) is 17.4 Å². The molecular weight excluding hydrogens is 270 g/mol. The van der Waals surface area contributed by atoms with Crippen molar-refractivity contribution in [3.8, 4) is 0 Å². The number of thiophene rings is 1. The van der Waals surface area contributed by atoms with Crippen LogP contribution >= 0.6 is 22.9 Å². The SMILES string of the molecule is Nc1cnc(Cl)cc1C(=O)NCCc1ccsc1. The zero-order valence-electron chi connectivity index (χ0n) is 9.52. The Morgan fingerprint density at radius 3 is 3.11 bits per heavy atom. The van der Waals surface area contributed by atoms with Crippen molar-refractivity contribution in [3.05, 3.63) is 45.4 Å². The van der Waals surface area contributed by atoms with Crippen molar-refractivity contribution in [1.82, 2.24) is 10.3 Å². The van der Waals surface area contributed by atoms with Gasteiger partial charge in [0.15, 0.2) is 0 Å². The summed E-state index contributed by atoms with van der Waals surface area (Å²) < 4.78 is 0. The lowest BCUT2D eigenvalue weighted by molar-refractivity contribution is 0.0955.